The number of alkyl carbamates (subject to hydrolysis) is 1. The number of aromatic nitrogens is 6. The molecule has 14 rings (SSSR count). The first-order valence-electron chi connectivity index (χ1n) is 35.7. The van der Waals surface area contributed by atoms with Crippen LogP contribution in [0.25, 0.3) is 32.7 Å². The van der Waals surface area contributed by atoms with Crippen molar-refractivity contribution < 1.29 is 33.4 Å². The van der Waals surface area contributed by atoms with Gasteiger partial charge in [0.25, 0.3) is 28.2 Å². The van der Waals surface area contributed by atoms with Crippen molar-refractivity contribution in [1.29, 1.82) is 0 Å². The van der Waals surface area contributed by atoms with Crippen molar-refractivity contribution in [1.82, 2.24) is 44.6 Å². The minimum Gasteiger partial charge on any atom is -0.444 e. The monoisotopic (exact) mass is 1400 g/mol. The van der Waals surface area contributed by atoms with Gasteiger partial charge in [-0.1, -0.05) is 91.0 Å². The van der Waals surface area contributed by atoms with Gasteiger partial charge >= 0.3 is 6.09 Å². The summed E-state index contributed by atoms with van der Waals surface area (Å²) in [4.78, 5) is 99.3. The first kappa shape index (κ1) is 75.3. The summed E-state index contributed by atoms with van der Waals surface area (Å²) < 4.78 is 17.0. The average molecular weight is 1410 g/mol. The maximum absolute atomic E-state index is 13.5. The topological polar surface area (TPSA) is 266 Å². The standard InChI is InChI=1S/C25H28N6O2.C20H28N2O4.C15H18N2O.C12H15NO.C9H9ClO/c1-15-6-5-7-17-12-19(31(18-9-10-18)25(32)21(15)17)16(2)29-23-22-24(27-13-26-23)30(14-28-22)20-8-3-4-11-33-20;1-12-7-6-8-14(17(12)18(24)22-15-9-10-15)11-16(23)13(2)21-19(25)26-20(3,4)5;1-9-4-3-5-11-8-13(10(2)16)17(12-6-7-12)15(18)14(9)11;1-8-4-3-5-9(2)11(8)12(14)13-10-6-7-10;1-6-4-3-5-7(2)8(6)9(10)11/h5-7,12-14,16,18,20H,3-4,8-11H2,1-2H3,(H,26,27,29);6-8,13,15H,9-11H2,1-5H3,(H,21,25)(H,22,24);3-5,8,10,12H,6-7,16H2,1-2H3;3-5,10H,6-7H2,1-2H3,(H,13,14);3-5H,1-2H3/t16-,20?;;10-;;/m0.0../s1. The Morgan fingerprint density at radius 2 is 1.09 bits per heavy atom. The summed E-state index contributed by atoms with van der Waals surface area (Å²) in [7, 11) is 0. The fourth-order valence-corrected chi connectivity index (χ4v) is 13.3. The zero-order valence-corrected chi connectivity index (χ0v) is 61.8. The van der Waals surface area contributed by atoms with Gasteiger partial charge in [0.15, 0.2) is 22.8 Å². The number of carbonyl (C=O) groups excluding carboxylic acids is 5. The van der Waals surface area contributed by atoms with Crippen LogP contribution in [0, 0.1) is 48.5 Å². The number of Topliss-reactive ketones (excluding diaryl/α,β-unsaturated/α-hetero) is 1. The number of carbonyl (C=O) groups is 5. The number of amides is 3. The number of benzene rings is 5. The first-order chi connectivity index (χ1) is 48.6. The molecule has 6 N–H and O–H groups in total. The van der Waals surface area contributed by atoms with Crippen molar-refractivity contribution in [2.45, 2.75) is 221 Å². The van der Waals surface area contributed by atoms with Gasteiger partial charge in [-0.2, -0.15) is 0 Å². The van der Waals surface area contributed by atoms with Crippen molar-refractivity contribution in [3.05, 3.63) is 209 Å². The number of nitrogens with one attached hydrogen (secondary N) is 4. The number of fused-ring (bicyclic) bond motifs is 3. The summed E-state index contributed by atoms with van der Waals surface area (Å²) in [6.45, 7) is 25.2. The summed E-state index contributed by atoms with van der Waals surface area (Å²) in [6, 6.07) is 33.7. The van der Waals surface area contributed by atoms with E-state index in [0.29, 0.717) is 34.6 Å². The van der Waals surface area contributed by atoms with Crippen LogP contribution in [-0.2, 0) is 20.7 Å². The van der Waals surface area contributed by atoms with Crippen LogP contribution in [0.4, 0.5) is 10.6 Å². The molecule has 102 heavy (non-hydrogen) atoms. The molecule has 4 atom stereocenters. The highest BCUT2D eigenvalue weighted by atomic mass is 35.5. The van der Waals surface area contributed by atoms with Crippen LogP contribution in [0.15, 0.2) is 125 Å². The number of nitrogens with zero attached hydrogens (tertiary/aromatic N) is 6. The van der Waals surface area contributed by atoms with Crippen LogP contribution in [0.2, 0.25) is 0 Å². The van der Waals surface area contributed by atoms with E-state index in [0.717, 1.165) is 166 Å². The Morgan fingerprint density at radius 3 is 1.57 bits per heavy atom. The molecule has 5 heterocycles. The van der Waals surface area contributed by atoms with Crippen LogP contribution in [0.1, 0.15) is 230 Å². The maximum atomic E-state index is 13.5. The zero-order chi connectivity index (χ0) is 73.4. The van der Waals surface area contributed by atoms with E-state index in [9.17, 15) is 33.6 Å². The van der Waals surface area contributed by atoms with Crippen molar-refractivity contribution in [2.75, 3.05) is 11.9 Å². The van der Waals surface area contributed by atoms with Crippen LogP contribution >= 0.6 is 11.6 Å². The number of ketones is 1. The Labute approximate surface area is 601 Å². The van der Waals surface area contributed by atoms with Gasteiger partial charge in [-0.25, -0.2) is 19.7 Å². The number of aryl methyl sites for hydroxylation is 7. The number of hydrogen-bond acceptors (Lipinski definition) is 14. The number of nitrogens with two attached hydrogens (primary N) is 1. The van der Waals surface area contributed by atoms with Gasteiger partial charge in [0.05, 0.1) is 29.2 Å². The van der Waals surface area contributed by atoms with E-state index in [1.165, 1.54) is 0 Å². The lowest BCUT2D eigenvalue weighted by molar-refractivity contribution is -0.120. The molecule has 5 aliphatic rings. The third-order valence-corrected chi connectivity index (χ3v) is 19.1. The average Bonchev–Trinajstić information content (AvgIpc) is 1.42. The number of anilines is 1. The largest absolute Gasteiger partial charge is 0.444 e. The minimum absolute atomic E-state index is 0.0345. The highest BCUT2D eigenvalue weighted by Gasteiger charge is 2.33. The minimum atomic E-state index is -0.704. The lowest BCUT2D eigenvalue weighted by atomic mass is 9.95. The lowest BCUT2D eigenvalue weighted by Gasteiger charge is -2.24. The van der Waals surface area contributed by atoms with Crippen molar-refractivity contribution in [3.8, 4) is 0 Å². The van der Waals surface area contributed by atoms with Crippen LogP contribution < -0.4 is 38.1 Å². The summed E-state index contributed by atoms with van der Waals surface area (Å²) in [5.74, 6) is 0.437. The number of rotatable bonds is 16. The van der Waals surface area contributed by atoms with E-state index < -0.39 is 17.7 Å². The molecular formula is C81H98ClN11O9. The summed E-state index contributed by atoms with van der Waals surface area (Å²) >= 11 is 5.37. The number of pyridine rings is 2. The van der Waals surface area contributed by atoms with Gasteiger partial charge < -0.3 is 45.6 Å². The molecule has 0 spiro atoms. The predicted molar refractivity (Wildman–Crippen MR) is 403 cm³/mol. The molecule has 0 bridgehead atoms. The normalized spacial score (nSPS) is 16.4. The number of imidazole rings is 1. The smallest absolute Gasteiger partial charge is 0.408 e. The van der Waals surface area contributed by atoms with Crippen molar-refractivity contribution in [2.24, 2.45) is 5.73 Å². The highest BCUT2D eigenvalue weighted by Crippen LogP contribution is 2.39. The molecule has 1 aliphatic heterocycles. The van der Waals surface area contributed by atoms with Crippen molar-refractivity contribution in [3.63, 3.8) is 0 Å². The van der Waals surface area contributed by atoms with Gasteiger partial charge in [0.2, 0.25) is 0 Å². The second-order valence-electron chi connectivity index (χ2n) is 29.0. The fraction of sp³-hybridized carbons (Fsp3) is 0.432. The molecule has 4 saturated carbocycles. The van der Waals surface area contributed by atoms with Gasteiger partial charge in [-0.05, 0) is 240 Å². The van der Waals surface area contributed by atoms with Crippen LogP contribution in [0.5, 0.6) is 0 Å². The van der Waals surface area contributed by atoms with E-state index >= 15 is 0 Å². The lowest BCUT2D eigenvalue weighted by Crippen LogP contribution is -2.42. The van der Waals surface area contributed by atoms with E-state index in [-0.39, 0.29) is 70.8 Å². The van der Waals surface area contributed by atoms with Gasteiger partial charge in [-0.15, -0.1) is 0 Å². The van der Waals surface area contributed by atoms with E-state index in [1.807, 2.05) is 154 Å². The van der Waals surface area contributed by atoms with E-state index in [4.69, 9.17) is 26.8 Å². The molecule has 3 amide bonds. The molecule has 4 aliphatic carbocycles. The molecule has 538 valence electrons. The van der Waals surface area contributed by atoms with Crippen molar-refractivity contribution >= 4 is 79.1 Å². The molecule has 5 fully saturated rings. The number of ether oxygens (including phenoxy) is 2. The molecule has 21 heteroatoms. The molecule has 4 aromatic heterocycles. The SMILES string of the molecule is Cc1cccc(C)c1C(=O)Cl.Cc1cccc(C)c1C(=O)NC1CC1.Cc1cccc(CC(=O)C(C)NC(=O)OC(C)(C)C)c1C(=O)NC1CC1.Cc1cccc2cc([C@H](C)N)n(C3CC3)c(=O)c12.Cc1cccc2cc([C@H](C)Nc3ncnc4c3ncn4C3CCCCO3)n(C3CC3)c(=O)c12. The molecular weight excluding hydrogens is 1310 g/mol. The Hall–Kier alpha value is -9.37. The summed E-state index contributed by atoms with van der Waals surface area (Å²) in [5.41, 5.74) is 18.6. The van der Waals surface area contributed by atoms with Gasteiger partial charge in [-0.3, -0.25) is 33.3 Å². The quantitative estimate of drug-likeness (QED) is 0.0564. The third-order valence-electron chi connectivity index (χ3n) is 18.9. The zero-order valence-electron chi connectivity index (χ0n) is 61.1. The molecule has 2 unspecified atom stereocenters. The second-order valence-corrected chi connectivity index (χ2v) is 29.3. The molecule has 5 aromatic carbocycles. The molecule has 1 saturated heterocycles. The molecule has 0 radical (unpaired) electrons. The Kier molecular flexibility index (Phi) is 24.2. The second kappa shape index (κ2) is 32.7. The van der Waals surface area contributed by atoms with E-state index in [1.54, 1.807) is 46.4 Å². The highest BCUT2D eigenvalue weighted by molar-refractivity contribution is 6.68. The first-order valence-corrected chi connectivity index (χ1v) is 36.1. The van der Waals surface area contributed by atoms with Crippen LogP contribution in [-0.4, -0.2) is 87.9 Å². The Morgan fingerprint density at radius 1 is 0.608 bits per heavy atom. The van der Waals surface area contributed by atoms with Crippen LogP contribution in [0.3, 0.4) is 0 Å². The molecule has 20 nitrogen and oxygen atoms in total. The Bertz CT molecular complexity index is 4680. The third kappa shape index (κ3) is 18.8. The summed E-state index contributed by atoms with van der Waals surface area (Å²) in [6.07, 6.45) is 14.5. The number of halogens is 1. The molecule has 9 aromatic rings. The van der Waals surface area contributed by atoms with Gasteiger partial charge in [0.1, 0.15) is 18.2 Å². The fourth-order valence-electron chi connectivity index (χ4n) is 13.0. The predicted octanol–water partition coefficient (Wildman–Crippen LogP) is 15.1. The maximum Gasteiger partial charge on any atom is 0.408 e. The van der Waals surface area contributed by atoms with E-state index in [2.05, 4.69) is 55.3 Å². The Balaban J connectivity index is 0.000000145. The van der Waals surface area contributed by atoms with Gasteiger partial charge in [0, 0.05) is 71.3 Å². The number of hydrogen-bond donors (Lipinski definition) is 5. The summed E-state index contributed by atoms with van der Waals surface area (Å²) in [5, 5.41) is 15.3.